The lowest BCUT2D eigenvalue weighted by Crippen LogP contribution is -2.48. The van der Waals surface area contributed by atoms with Crippen molar-refractivity contribution in [3.63, 3.8) is 0 Å². The van der Waals surface area contributed by atoms with Gasteiger partial charge in [0.05, 0.1) is 22.2 Å². The van der Waals surface area contributed by atoms with Crippen molar-refractivity contribution in [2.45, 2.75) is 25.3 Å². The van der Waals surface area contributed by atoms with Crippen molar-refractivity contribution in [1.82, 2.24) is 14.8 Å². The Labute approximate surface area is 163 Å². The summed E-state index contributed by atoms with van der Waals surface area (Å²) in [5.41, 5.74) is 1.22. The first-order chi connectivity index (χ1) is 12.6. The standard InChI is InChI=1S/C18H22ClN3O4S/c1-12-13(2)26-17(20-12)11-21-6-8-22(9-7-21)18(23)14-4-5-15(19)16(10-14)27(3,24)25/h4-5,10H,6-9,11H2,1-3H3. The highest BCUT2D eigenvalue weighted by molar-refractivity contribution is 7.90. The number of halogens is 1. The van der Waals surface area contributed by atoms with Crippen LogP contribution >= 0.6 is 11.6 Å². The van der Waals surface area contributed by atoms with Crippen molar-refractivity contribution in [2.75, 3.05) is 32.4 Å². The molecule has 1 aliphatic rings. The molecule has 1 saturated heterocycles. The number of benzene rings is 1. The summed E-state index contributed by atoms with van der Waals surface area (Å²) in [6.07, 6.45) is 1.08. The van der Waals surface area contributed by atoms with Gasteiger partial charge in [-0.1, -0.05) is 11.6 Å². The van der Waals surface area contributed by atoms with Gasteiger partial charge in [0.15, 0.2) is 9.84 Å². The van der Waals surface area contributed by atoms with Gasteiger partial charge in [-0.05, 0) is 32.0 Å². The fraction of sp³-hybridized carbons (Fsp3) is 0.444. The lowest BCUT2D eigenvalue weighted by atomic mass is 10.2. The molecule has 1 amide bonds. The molecule has 7 nitrogen and oxygen atoms in total. The summed E-state index contributed by atoms with van der Waals surface area (Å²) in [7, 11) is -3.49. The van der Waals surface area contributed by atoms with E-state index in [0.29, 0.717) is 44.2 Å². The SMILES string of the molecule is Cc1nc(CN2CCN(C(=O)c3ccc(Cl)c(S(C)(=O)=O)c3)CC2)oc1C. The Balaban J connectivity index is 1.65. The first kappa shape index (κ1) is 19.9. The van der Waals surface area contributed by atoms with E-state index in [1.165, 1.54) is 12.1 Å². The van der Waals surface area contributed by atoms with E-state index in [-0.39, 0.29) is 15.8 Å². The third-order valence-electron chi connectivity index (χ3n) is 4.67. The van der Waals surface area contributed by atoms with Crippen molar-refractivity contribution in [3.05, 3.63) is 46.1 Å². The van der Waals surface area contributed by atoms with E-state index in [2.05, 4.69) is 9.88 Å². The molecular formula is C18H22ClN3O4S. The monoisotopic (exact) mass is 411 g/mol. The van der Waals surface area contributed by atoms with Gasteiger partial charge in [0.2, 0.25) is 5.89 Å². The van der Waals surface area contributed by atoms with E-state index in [0.717, 1.165) is 17.7 Å². The van der Waals surface area contributed by atoms with Gasteiger partial charge in [-0.2, -0.15) is 0 Å². The summed E-state index contributed by atoms with van der Waals surface area (Å²) in [4.78, 5) is 21.0. The van der Waals surface area contributed by atoms with Crippen molar-refractivity contribution in [1.29, 1.82) is 0 Å². The topological polar surface area (TPSA) is 83.7 Å². The molecule has 0 atom stereocenters. The fourth-order valence-electron chi connectivity index (χ4n) is 3.01. The first-order valence-electron chi connectivity index (χ1n) is 8.59. The highest BCUT2D eigenvalue weighted by atomic mass is 35.5. The molecule has 0 unspecified atom stereocenters. The minimum absolute atomic E-state index is 0.0247. The van der Waals surface area contributed by atoms with Crippen molar-refractivity contribution >= 4 is 27.3 Å². The first-order valence-corrected chi connectivity index (χ1v) is 10.9. The van der Waals surface area contributed by atoms with E-state index >= 15 is 0 Å². The number of hydrogen-bond donors (Lipinski definition) is 0. The van der Waals surface area contributed by atoms with Crippen LogP contribution in [0.1, 0.15) is 27.7 Å². The maximum absolute atomic E-state index is 12.7. The molecule has 0 N–H and O–H groups in total. The van der Waals surface area contributed by atoms with Crippen LogP contribution in [0.3, 0.4) is 0 Å². The maximum Gasteiger partial charge on any atom is 0.253 e. The van der Waals surface area contributed by atoms with Crippen LogP contribution in [-0.4, -0.2) is 61.5 Å². The fourth-order valence-corrected chi connectivity index (χ4v) is 4.31. The molecule has 1 aromatic heterocycles. The predicted octanol–water partition coefficient (Wildman–Crippen LogP) is 2.31. The average Bonchev–Trinajstić information content (AvgIpc) is 2.92. The molecule has 27 heavy (non-hydrogen) atoms. The van der Waals surface area contributed by atoms with Gasteiger partial charge in [0, 0.05) is 38.0 Å². The zero-order valence-corrected chi connectivity index (χ0v) is 17.1. The Morgan fingerprint density at radius 2 is 1.89 bits per heavy atom. The number of carbonyl (C=O) groups is 1. The van der Waals surface area contributed by atoms with Crippen LogP contribution in [0.4, 0.5) is 0 Å². The summed E-state index contributed by atoms with van der Waals surface area (Å²) in [5, 5.41) is 0.121. The van der Waals surface area contributed by atoms with Gasteiger partial charge in [-0.3, -0.25) is 9.69 Å². The number of hydrogen-bond acceptors (Lipinski definition) is 6. The number of aromatic nitrogens is 1. The molecule has 1 fully saturated rings. The second-order valence-corrected chi connectivity index (χ2v) is 9.13. The number of nitrogens with zero attached hydrogens (tertiary/aromatic N) is 3. The van der Waals surface area contributed by atoms with Gasteiger partial charge in [0.25, 0.3) is 5.91 Å². The van der Waals surface area contributed by atoms with E-state index < -0.39 is 9.84 Å². The lowest BCUT2D eigenvalue weighted by Gasteiger charge is -2.34. The van der Waals surface area contributed by atoms with E-state index in [4.69, 9.17) is 16.0 Å². The molecule has 3 rings (SSSR count). The lowest BCUT2D eigenvalue weighted by molar-refractivity contribution is 0.0617. The summed E-state index contributed by atoms with van der Waals surface area (Å²) < 4.78 is 29.2. The summed E-state index contributed by atoms with van der Waals surface area (Å²) in [6, 6.07) is 4.36. The largest absolute Gasteiger partial charge is 0.444 e. The molecule has 0 spiro atoms. The van der Waals surface area contributed by atoms with Crippen molar-refractivity contribution in [2.24, 2.45) is 0 Å². The molecule has 1 aromatic carbocycles. The molecule has 146 valence electrons. The number of oxazole rings is 1. The van der Waals surface area contributed by atoms with Gasteiger partial charge in [0.1, 0.15) is 5.76 Å². The Morgan fingerprint density at radius 1 is 1.22 bits per heavy atom. The average molecular weight is 412 g/mol. The smallest absolute Gasteiger partial charge is 0.253 e. The Bertz CT molecular complexity index is 943. The maximum atomic E-state index is 12.7. The highest BCUT2D eigenvalue weighted by Crippen LogP contribution is 2.23. The Kier molecular flexibility index (Phi) is 5.60. The molecule has 9 heteroatoms. The second kappa shape index (κ2) is 7.61. The van der Waals surface area contributed by atoms with E-state index in [1.807, 2.05) is 13.8 Å². The van der Waals surface area contributed by atoms with Crippen LogP contribution in [0.15, 0.2) is 27.5 Å². The molecule has 0 saturated carbocycles. The van der Waals surface area contributed by atoms with Gasteiger partial charge in [-0.15, -0.1) is 0 Å². The van der Waals surface area contributed by atoms with Gasteiger partial charge in [-0.25, -0.2) is 13.4 Å². The quantitative estimate of drug-likeness (QED) is 0.767. The van der Waals surface area contributed by atoms with Crippen molar-refractivity contribution in [3.8, 4) is 0 Å². The summed E-state index contributed by atoms with van der Waals surface area (Å²) in [5.74, 6) is 1.31. The molecule has 0 aliphatic carbocycles. The number of carbonyl (C=O) groups excluding carboxylic acids is 1. The molecule has 0 bridgehead atoms. The Hall–Kier alpha value is -1.90. The molecule has 0 radical (unpaired) electrons. The number of aryl methyl sites for hydroxylation is 2. The summed E-state index contributed by atoms with van der Waals surface area (Å²) >= 11 is 5.95. The van der Waals surface area contributed by atoms with Crippen molar-refractivity contribution < 1.29 is 17.6 Å². The van der Waals surface area contributed by atoms with E-state index in [9.17, 15) is 13.2 Å². The van der Waals surface area contributed by atoms with Crippen LogP contribution in [0.2, 0.25) is 5.02 Å². The van der Waals surface area contributed by atoms with Crippen LogP contribution in [0.5, 0.6) is 0 Å². The number of amides is 1. The van der Waals surface area contributed by atoms with E-state index in [1.54, 1.807) is 11.0 Å². The van der Waals surface area contributed by atoms with Gasteiger partial charge < -0.3 is 9.32 Å². The normalized spacial score (nSPS) is 15.9. The second-order valence-electron chi connectivity index (χ2n) is 6.73. The Morgan fingerprint density at radius 3 is 2.44 bits per heavy atom. The molecule has 2 heterocycles. The van der Waals surface area contributed by atoms with Crippen LogP contribution in [0.25, 0.3) is 0 Å². The molecule has 1 aliphatic heterocycles. The number of sulfone groups is 1. The minimum atomic E-state index is -3.49. The number of piperazine rings is 1. The summed E-state index contributed by atoms with van der Waals surface area (Å²) in [6.45, 7) is 6.89. The zero-order valence-electron chi connectivity index (χ0n) is 15.5. The predicted molar refractivity (Wildman–Crippen MR) is 102 cm³/mol. The molecular weight excluding hydrogens is 390 g/mol. The van der Waals surface area contributed by atoms with Crippen LogP contribution in [0, 0.1) is 13.8 Å². The van der Waals surface area contributed by atoms with Gasteiger partial charge >= 0.3 is 0 Å². The molecule has 2 aromatic rings. The minimum Gasteiger partial charge on any atom is -0.444 e. The highest BCUT2D eigenvalue weighted by Gasteiger charge is 2.24. The van der Waals surface area contributed by atoms with Crippen LogP contribution in [-0.2, 0) is 16.4 Å². The van der Waals surface area contributed by atoms with Crippen LogP contribution < -0.4 is 0 Å². The number of rotatable bonds is 4. The third-order valence-corrected chi connectivity index (χ3v) is 6.25. The third kappa shape index (κ3) is 4.51. The zero-order chi connectivity index (χ0) is 19.8.